The maximum absolute atomic E-state index is 12.4. The number of amides is 2. The molecule has 1 heterocycles. The largest absolute Gasteiger partial charge is 0.483 e. The van der Waals surface area contributed by atoms with Crippen LogP contribution in [0.25, 0.3) is 0 Å². The second-order valence-corrected chi connectivity index (χ2v) is 6.82. The van der Waals surface area contributed by atoms with Gasteiger partial charge in [-0.1, -0.05) is 12.1 Å². The Morgan fingerprint density at radius 1 is 1.08 bits per heavy atom. The Kier molecular flexibility index (Phi) is 5.07. The molecule has 1 aromatic rings. The van der Waals surface area contributed by atoms with Crippen LogP contribution in [-0.4, -0.2) is 54.4 Å². The summed E-state index contributed by atoms with van der Waals surface area (Å²) in [5.74, 6) is 1.29. The highest BCUT2D eigenvalue weighted by molar-refractivity contribution is 5.81. The third kappa shape index (κ3) is 3.89. The summed E-state index contributed by atoms with van der Waals surface area (Å²) < 4.78 is 5.72. The zero-order valence-electron chi connectivity index (χ0n) is 14.6. The van der Waals surface area contributed by atoms with E-state index in [0.717, 1.165) is 42.7 Å². The number of carbonyl (C=O) groups excluding carboxylic acids is 2. The molecule has 0 unspecified atom stereocenters. The van der Waals surface area contributed by atoms with E-state index in [-0.39, 0.29) is 24.3 Å². The van der Waals surface area contributed by atoms with E-state index in [2.05, 4.69) is 0 Å². The van der Waals surface area contributed by atoms with Gasteiger partial charge >= 0.3 is 0 Å². The van der Waals surface area contributed by atoms with Crippen LogP contribution in [0.15, 0.2) is 18.2 Å². The van der Waals surface area contributed by atoms with Crippen LogP contribution >= 0.6 is 0 Å². The lowest BCUT2D eigenvalue weighted by Crippen LogP contribution is -2.39. The third-order valence-corrected chi connectivity index (χ3v) is 4.99. The van der Waals surface area contributed by atoms with Gasteiger partial charge in [0.05, 0.1) is 0 Å². The first-order valence-electron chi connectivity index (χ1n) is 8.82. The minimum absolute atomic E-state index is 0.00312. The summed E-state index contributed by atoms with van der Waals surface area (Å²) in [4.78, 5) is 28.4. The Morgan fingerprint density at radius 3 is 2.54 bits per heavy atom. The highest BCUT2D eigenvalue weighted by atomic mass is 16.5. The van der Waals surface area contributed by atoms with Crippen LogP contribution in [-0.2, 0) is 9.59 Å². The second-order valence-electron chi connectivity index (χ2n) is 6.82. The van der Waals surface area contributed by atoms with Gasteiger partial charge in [-0.25, -0.2) is 0 Å². The molecule has 5 nitrogen and oxygen atoms in total. The predicted octanol–water partition coefficient (Wildman–Crippen LogP) is 2.15. The van der Waals surface area contributed by atoms with E-state index in [4.69, 9.17) is 4.74 Å². The predicted molar refractivity (Wildman–Crippen MR) is 91.9 cm³/mol. The summed E-state index contributed by atoms with van der Waals surface area (Å²) in [7, 11) is 0. The summed E-state index contributed by atoms with van der Waals surface area (Å²) in [6.07, 6.45) is 2.90. The summed E-state index contributed by atoms with van der Waals surface area (Å²) in [5.41, 5.74) is 2.23. The molecule has 1 saturated carbocycles. The molecule has 0 aromatic heterocycles. The fourth-order valence-electron chi connectivity index (χ4n) is 3.09. The van der Waals surface area contributed by atoms with Crippen molar-refractivity contribution in [3.63, 3.8) is 0 Å². The van der Waals surface area contributed by atoms with Crippen LogP contribution in [0.2, 0.25) is 0 Å². The van der Waals surface area contributed by atoms with Gasteiger partial charge in [-0.3, -0.25) is 9.59 Å². The van der Waals surface area contributed by atoms with Crippen molar-refractivity contribution in [1.29, 1.82) is 0 Å². The maximum Gasteiger partial charge on any atom is 0.260 e. The lowest BCUT2D eigenvalue weighted by molar-refractivity contribution is -0.135. The van der Waals surface area contributed by atoms with Gasteiger partial charge in [0.2, 0.25) is 5.91 Å². The van der Waals surface area contributed by atoms with Gasteiger partial charge < -0.3 is 14.5 Å². The van der Waals surface area contributed by atoms with Crippen LogP contribution < -0.4 is 4.74 Å². The maximum atomic E-state index is 12.4. The number of hydrogen-bond acceptors (Lipinski definition) is 3. The van der Waals surface area contributed by atoms with Crippen molar-refractivity contribution in [3.8, 4) is 5.75 Å². The van der Waals surface area contributed by atoms with Gasteiger partial charge in [-0.15, -0.1) is 0 Å². The average Bonchev–Trinajstić information content (AvgIpc) is 3.41. The van der Waals surface area contributed by atoms with Crippen LogP contribution in [0.4, 0.5) is 0 Å². The first-order chi connectivity index (χ1) is 11.6. The van der Waals surface area contributed by atoms with Crippen molar-refractivity contribution < 1.29 is 14.3 Å². The van der Waals surface area contributed by atoms with Crippen molar-refractivity contribution in [3.05, 3.63) is 29.3 Å². The van der Waals surface area contributed by atoms with Crippen LogP contribution in [0.5, 0.6) is 5.75 Å². The topological polar surface area (TPSA) is 49.9 Å². The number of benzene rings is 1. The quantitative estimate of drug-likeness (QED) is 0.850. The van der Waals surface area contributed by atoms with Gasteiger partial charge in [0, 0.05) is 32.1 Å². The average molecular weight is 330 g/mol. The zero-order chi connectivity index (χ0) is 17.1. The summed E-state index contributed by atoms with van der Waals surface area (Å²) in [6.45, 7) is 6.80. The molecular formula is C19H26N2O3. The van der Waals surface area contributed by atoms with Gasteiger partial charge in [0.25, 0.3) is 5.91 Å². The molecule has 3 rings (SSSR count). The molecule has 2 amide bonds. The minimum atomic E-state index is -0.00312. The van der Waals surface area contributed by atoms with Crippen LogP contribution in [0, 0.1) is 19.8 Å². The Bertz CT molecular complexity index is 625. The fraction of sp³-hybridized carbons (Fsp3) is 0.579. The highest BCUT2D eigenvalue weighted by Crippen LogP contribution is 2.31. The second kappa shape index (κ2) is 7.24. The molecule has 1 saturated heterocycles. The monoisotopic (exact) mass is 330 g/mol. The van der Waals surface area contributed by atoms with E-state index in [1.54, 1.807) is 0 Å². The Hall–Kier alpha value is -2.04. The Labute approximate surface area is 143 Å². The molecular weight excluding hydrogens is 304 g/mol. The van der Waals surface area contributed by atoms with Crippen molar-refractivity contribution in [1.82, 2.24) is 9.80 Å². The third-order valence-electron chi connectivity index (χ3n) is 4.99. The van der Waals surface area contributed by atoms with Crippen molar-refractivity contribution in [2.45, 2.75) is 33.1 Å². The van der Waals surface area contributed by atoms with Gasteiger partial charge in [0.1, 0.15) is 5.75 Å². The molecule has 130 valence electrons. The summed E-state index contributed by atoms with van der Waals surface area (Å²) >= 11 is 0. The summed E-state index contributed by atoms with van der Waals surface area (Å²) in [6, 6.07) is 5.87. The molecule has 0 radical (unpaired) electrons. The van der Waals surface area contributed by atoms with E-state index in [9.17, 15) is 9.59 Å². The fourth-order valence-corrected chi connectivity index (χ4v) is 3.09. The molecule has 5 heteroatoms. The first-order valence-corrected chi connectivity index (χ1v) is 8.82. The number of hydrogen-bond donors (Lipinski definition) is 0. The van der Waals surface area contributed by atoms with E-state index in [0.29, 0.717) is 19.6 Å². The van der Waals surface area contributed by atoms with E-state index >= 15 is 0 Å². The zero-order valence-corrected chi connectivity index (χ0v) is 14.6. The van der Waals surface area contributed by atoms with Crippen LogP contribution in [0.1, 0.15) is 30.4 Å². The Morgan fingerprint density at radius 2 is 1.79 bits per heavy atom. The summed E-state index contributed by atoms with van der Waals surface area (Å²) in [5, 5.41) is 0. The van der Waals surface area contributed by atoms with Crippen molar-refractivity contribution in [2.75, 3.05) is 32.8 Å². The number of nitrogens with zero attached hydrogens (tertiary/aromatic N) is 2. The number of aryl methyl sites for hydroxylation is 1. The van der Waals surface area contributed by atoms with Crippen LogP contribution in [0.3, 0.4) is 0 Å². The molecule has 0 bridgehead atoms. The molecule has 0 atom stereocenters. The highest BCUT2D eigenvalue weighted by Gasteiger charge is 2.34. The lowest BCUT2D eigenvalue weighted by atomic mass is 10.1. The molecule has 1 aromatic carbocycles. The number of carbonyl (C=O) groups is 2. The van der Waals surface area contributed by atoms with Gasteiger partial charge in [-0.2, -0.15) is 0 Å². The molecule has 2 fully saturated rings. The van der Waals surface area contributed by atoms with Gasteiger partial charge in [-0.05, 0) is 50.3 Å². The number of rotatable bonds is 4. The van der Waals surface area contributed by atoms with E-state index < -0.39 is 0 Å². The smallest absolute Gasteiger partial charge is 0.260 e. The normalized spacial score (nSPS) is 18.2. The first kappa shape index (κ1) is 16.8. The molecule has 0 N–H and O–H groups in total. The minimum Gasteiger partial charge on any atom is -0.483 e. The molecule has 24 heavy (non-hydrogen) atoms. The van der Waals surface area contributed by atoms with Gasteiger partial charge in [0.15, 0.2) is 6.61 Å². The Balaban J connectivity index is 1.51. The van der Waals surface area contributed by atoms with E-state index in [1.165, 1.54) is 0 Å². The van der Waals surface area contributed by atoms with Crippen molar-refractivity contribution >= 4 is 11.8 Å². The van der Waals surface area contributed by atoms with E-state index in [1.807, 2.05) is 41.8 Å². The molecule has 2 aliphatic rings. The number of ether oxygens (including phenoxy) is 1. The molecule has 1 aliphatic heterocycles. The molecule has 1 aliphatic carbocycles. The SMILES string of the molecule is Cc1cccc(OCC(=O)N2CCCN(C(=O)C3CC3)CC2)c1C. The standard InChI is InChI=1S/C19H26N2O3/c1-14-5-3-6-17(15(14)2)24-13-18(22)20-9-4-10-21(12-11-20)19(23)16-7-8-16/h3,5-6,16H,4,7-13H2,1-2H3. The molecule has 0 spiro atoms. The van der Waals surface area contributed by atoms with Crippen molar-refractivity contribution in [2.24, 2.45) is 5.92 Å². The lowest BCUT2D eigenvalue weighted by Gasteiger charge is -2.22.